The van der Waals surface area contributed by atoms with Crippen molar-refractivity contribution in [1.29, 1.82) is 0 Å². The van der Waals surface area contributed by atoms with E-state index in [1.54, 1.807) is 0 Å². The molecular formula is C13H22N2O2. The van der Waals surface area contributed by atoms with Gasteiger partial charge in [0.15, 0.2) is 0 Å². The van der Waals surface area contributed by atoms with E-state index >= 15 is 0 Å². The van der Waals surface area contributed by atoms with Gasteiger partial charge in [0.2, 0.25) is 0 Å². The lowest BCUT2D eigenvalue weighted by Crippen LogP contribution is -2.49. The van der Waals surface area contributed by atoms with Crippen LogP contribution >= 0.6 is 0 Å². The van der Waals surface area contributed by atoms with Gasteiger partial charge in [0, 0.05) is 25.2 Å². The normalized spacial score (nSPS) is 37.9. The lowest BCUT2D eigenvalue weighted by Gasteiger charge is -2.31. The fraction of sp³-hybridized carbons (Fsp3) is 0.923. The topological polar surface area (TPSA) is 41.6 Å². The Bertz CT molecular complexity index is 283. The van der Waals surface area contributed by atoms with Crippen molar-refractivity contribution >= 4 is 5.91 Å². The van der Waals surface area contributed by atoms with E-state index in [1.807, 2.05) is 0 Å². The van der Waals surface area contributed by atoms with Gasteiger partial charge in [-0.15, -0.1) is 0 Å². The minimum atomic E-state index is -0.142. The Morgan fingerprint density at radius 1 is 1.18 bits per heavy atom. The van der Waals surface area contributed by atoms with Crippen LogP contribution in [0.2, 0.25) is 0 Å². The largest absolute Gasteiger partial charge is 0.368 e. The average molecular weight is 238 g/mol. The van der Waals surface area contributed by atoms with Crippen molar-refractivity contribution in [2.75, 3.05) is 19.7 Å². The van der Waals surface area contributed by atoms with Gasteiger partial charge in [0.25, 0.3) is 5.91 Å². The Kier molecular flexibility index (Phi) is 3.34. The molecule has 2 unspecified atom stereocenters. The molecule has 3 saturated heterocycles. The van der Waals surface area contributed by atoms with Gasteiger partial charge < -0.3 is 15.0 Å². The first-order valence-corrected chi connectivity index (χ1v) is 7.02. The van der Waals surface area contributed by atoms with Crippen molar-refractivity contribution in [3.63, 3.8) is 0 Å². The van der Waals surface area contributed by atoms with Crippen LogP contribution in [0.4, 0.5) is 0 Å². The van der Waals surface area contributed by atoms with E-state index in [-0.39, 0.29) is 12.0 Å². The van der Waals surface area contributed by atoms with E-state index in [2.05, 4.69) is 10.2 Å². The molecule has 0 spiro atoms. The zero-order valence-electron chi connectivity index (χ0n) is 10.4. The SMILES string of the molecule is O=C([C@H]1CCCO1)N1CCCC1C1CCCN1. The van der Waals surface area contributed by atoms with E-state index in [1.165, 1.54) is 12.8 Å². The zero-order chi connectivity index (χ0) is 11.7. The molecule has 3 rings (SSSR count). The number of nitrogens with one attached hydrogen (secondary N) is 1. The molecule has 3 aliphatic rings. The standard InChI is InChI=1S/C13H22N2O2/c16-13(12-6-3-9-17-12)15-8-2-5-11(15)10-4-1-7-14-10/h10-12,14H,1-9H2/t10?,11?,12-/m1/s1. The Labute approximate surface area is 103 Å². The van der Waals surface area contributed by atoms with E-state index in [0.717, 1.165) is 45.4 Å². The molecule has 0 bridgehead atoms. The predicted molar refractivity (Wildman–Crippen MR) is 64.7 cm³/mol. The van der Waals surface area contributed by atoms with Gasteiger partial charge in [-0.2, -0.15) is 0 Å². The van der Waals surface area contributed by atoms with Crippen molar-refractivity contribution in [3.8, 4) is 0 Å². The molecule has 3 heterocycles. The number of carbonyl (C=O) groups is 1. The van der Waals surface area contributed by atoms with Crippen LogP contribution < -0.4 is 5.32 Å². The summed E-state index contributed by atoms with van der Waals surface area (Å²) >= 11 is 0. The van der Waals surface area contributed by atoms with Gasteiger partial charge in [0.1, 0.15) is 6.10 Å². The molecule has 1 N–H and O–H groups in total. The highest BCUT2D eigenvalue weighted by molar-refractivity contribution is 5.81. The first-order chi connectivity index (χ1) is 8.36. The second kappa shape index (κ2) is 4.94. The van der Waals surface area contributed by atoms with Crippen LogP contribution in [-0.4, -0.2) is 48.7 Å². The van der Waals surface area contributed by atoms with Crippen molar-refractivity contribution in [1.82, 2.24) is 10.2 Å². The average Bonchev–Trinajstić information content (AvgIpc) is 3.09. The first-order valence-electron chi connectivity index (χ1n) is 7.02. The Balaban J connectivity index is 1.65. The lowest BCUT2D eigenvalue weighted by molar-refractivity contribution is -0.142. The predicted octanol–water partition coefficient (Wildman–Crippen LogP) is 0.908. The Hall–Kier alpha value is -0.610. The number of ether oxygens (including phenoxy) is 1. The summed E-state index contributed by atoms with van der Waals surface area (Å²) in [6, 6.07) is 0.956. The van der Waals surface area contributed by atoms with Crippen LogP contribution in [0, 0.1) is 0 Å². The smallest absolute Gasteiger partial charge is 0.252 e. The summed E-state index contributed by atoms with van der Waals surface area (Å²) in [4.78, 5) is 14.5. The van der Waals surface area contributed by atoms with E-state index in [0.29, 0.717) is 12.1 Å². The molecule has 96 valence electrons. The van der Waals surface area contributed by atoms with Gasteiger partial charge in [-0.1, -0.05) is 0 Å². The van der Waals surface area contributed by atoms with Crippen LogP contribution in [0.5, 0.6) is 0 Å². The van der Waals surface area contributed by atoms with Crippen LogP contribution in [0.25, 0.3) is 0 Å². The number of rotatable bonds is 2. The number of carbonyl (C=O) groups excluding carboxylic acids is 1. The molecule has 4 nitrogen and oxygen atoms in total. The second-order valence-electron chi connectivity index (χ2n) is 5.45. The molecule has 1 amide bonds. The zero-order valence-corrected chi connectivity index (χ0v) is 10.4. The third-order valence-electron chi connectivity index (χ3n) is 4.35. The van der Waals surface area contributed by atoms with Crippen LogP contribution in [-0.2, 0) is 9.53 Å². The number of hydrogen-bond donors (Lipinski definition) is 1. The molecule has 0 aromatic rings. The summed E-state index contributed by atoms with van der Waals surface area (Å²) < 4.78 is 5.53. The van der Waals surface area contributed by atoms with E-state index < -0.39 is 0 Å². The minimum Gasteiger partial charge on any atom is -0.368 e. The number of hydrogen-bond acceptors (Lipinski definition) is 3. The highest BCUT2D eigenvalue weighted by Crippen LogP contribution is 2.27. The van der Waals surface area contributed by atoms with Crippen LogP contribution in [0.15, 0.2) is 0 Å². The molecule has 3 fully saturated rings. The summed E-state index contributed by atoms with van der Waals surface area (Å²) in [5.74, 6) is 0.249. The van der Waals surface area contributed by atoms with E-state index in [4.69, 9.17) is 4.74 Å². The summed E-state index contributed by atoms with van der Waals surface area (Å²) in [5.41, 5.74) is 0. The Morgan fingerprint density at radius 3 is 2.82 bits per heavy atom. The molecule has 17 heavy (non-hydrogen) atoms. The molecule has 0 aromatic heterocycles. The maximum atomic E-state index is 12.4. The number of amides is 1. The molecule has 3 aliphatic heterocycles. The summed E-state index contributed by atoms with van der Waals surface area (Å²) in [7, 11) is 0. The molecule has 0 aromatic carbocycles. The van der Waals surface area contributed by atoms with Crippen molar-refractivity contribution in [2.24, 2.45) is 0 Å². The first kappa shape index (κ1) is 11.5. The lowest BCUT2D eigenvalue weighted by atomic mass is 10.0. The van der Waals surface area contributed by atoms with Gasteiger partial charge in [-0.3, -0.25) is 4.79 Å². The fourth-order valence-corrected chi connectivity index (χ4v) is 3.48. The van der Waals surface area contributed by atoms with Gasteiger partial charge in [0.05, 0.1) is 0 Å². The van der Waals surface area contributed by atoms with Crippen LogP contribution in [0.1, 0.15) is 38.5 Å². The maximum absolute atomic E-state index is 12.4. The van der Waals surface area contributed by atoms with E-state index in [9.17, 15) is 4.79 Å². The quantitative estimate of drug-likeness (QED) is 0.777. The van der Waals surface area contributed by atoms with Crippen molar-refractivity contribution in [2.45, 2.75) is 56.7 Å². The van der Waals surface area contributed by atoms with Crippen molar-refractivity contribution < 1.29 is 9.53 Å². The minimum absolute atomic E-state index is 0.142. The summed E-state index contributed by atoms with van der Waals surface area (Å²) in [5, 5.41) is 3.54. The molecule has 4 heteroatoms. The summed E-state index contributed by atoms with van der Waals surface area (Å²) in [6.07, 6.45) is 6.61. The number of nitrogens with zero attached hydrogens (tertiary/aromatic N) is 1. The third kappa shape index (κ3) is 2.20. The monoisotopic (exact) mass is 238 g/mol. The number of likely N-dealkylation sites (tertiary alicyclic amines) is 1. The summed E-state index contributed by atoms with van der Waals surface area (Å²) in [6.45, 7) is 2.81. The fourth-order valence-electron chi connectivity index (χ4n) is 3.48. The molecule has 0 saturated carbocycles. The van der Waals surface area contributed by atoms with Crippen molar-refractivity contribution in [3.05, 3.63) is 0 Å². The second-order valence-corrected chi connectivity index (χ2v) is 5.45. The molecule has 0 radical (unpaired) electrons. The third-order valence-corrected chi connectivity index (χ3v) is 4.35. The van der Waals surface area contributed by atoms with Gasteiger partial charge >= 0.3 is 0 Å². The molecule has 0 aliphatic carbocycles. The van der Waals surface area contributed by atoms with Gasteiger partial charge in [-0.05, 0) is 45.1 Å². The Morgan fingerprint density at radius 2 is 2.12 bits per heavy atom. The molecule has 3 atom stereocenters. The molecular weight excluding hydrogens is 216 g/mol. The highest BCUT2D eigenvalue weighted by atomic mass is 16.5. The van der Waals surface area contributed by atoms with Gasteiger partial charge in [-0.25, -0.2) is 0 Å². The highest BCUT2D eigenvalue weighted by Gasteiger charge is 2.39. The maximum Gasteiger partial charge on any atom is 0.252 e. The van der Waals surface area contributed by atoms with Crippen LogP contribution in [0.3, 0.4) is 0 Å².